The van der Waals surface area contributed by atoms with Crippen molar-refractivity contribution >= 4 is 40.2 Å². The molecule has 1 atom stereocenters. The van der Waals surface area contributed by atoms with Crippen molar-refractivity contribution < 1.29 is 14.7 Å². The zero-order chi connectivity index (χ0) is 18.6. The third-order valence-electron chi connectivity index (χ3n) is 3.91. The fraction of sp³-hybridized carbons (Fsp3) is 0.158. The smallest absolute Gasteiger partial charge is 0.313 e. The minimum Gasteiger partial charge on any atom is -0.378 e. The number of nitrogens with one attached hydrogen (secondary N) is 2. The first kappa shape index (κ1) is 18.3. The molecule has 0 aliphatic carbocycles. The first-order chi connectivity index (χ1) is 12.5. The highest BCUT2D eigenvalue weighted by Crippen LogP contribution is 2.33. The van der Waals surface area contributed by atoms with Crippen LogP contribution in [0.15, 0.2) is 58.6 Å². The van der Waals surface area contributed by atoms with Crippen LogP contribution in [0.5, 0.6) is 0 Å². The predicted molar refractivity (Wildman–Crippen MR) is 104 cm³/mol. The van der Waals surface area contributed by atoms with Crippen molar-refractivity contribution in [3.63, 3.8) is 0 Å². The molecule has 0 aliphatic rings. The number of carbonyl (C=O) groups is 2. The average Bonchev–Trinajstić information content (AvgIpc) is 3.33. The van der Waals surface area contributed by atoms with E-state index in [9.17, 15) is 14.7 Å². The summed E-state index contributed by atoms with van der Waals surface area (Å²) in [6.45, 7) is 1.81. The van der Waals surface area contributed by atoms with Gasteiger partial charge in [-0.1, -0.05) is 18.2 Å². The van der Waals surface area contributed by atoms with Crippen LogP contribution in [-0.2, 0) is 15.2 Å². The van der Waals surface area contributed by atoms with Gasteiger partial charge < -0.3 is 15.7 Å². The van der Waals surface area contributed by atoms with E-state index in [0.717, 1.165) is 5.56 Å². The largest absolute Gasteiger partial charge is 0.378 e. The van der Waals surface area contributed by atoms with Crippen LogP contribution in [0.4, 0.5) is 5.69 Å². The van der Waals surface area contributed by atoms with Crippen molar-refractivity contribution in [1.82, 2.24) is 5.32 Å². The molecule has 0 bridgehead atoms. The van der Waals surface area contributed by atoms with Gasteiger partial charge in [0.15, 0.2) is 0 Å². The summed E-state index contributed by atoms with van der Waals surface area (Å²) in [6, 6.07) is 12.6. The summed E-state index contributed by atoms with van der Waals surface area (Å²) < 4.78 is 0. The van der Waals surface area contributed by atoms with Crippen molar-refractivity contribution in [3.05, 3.63) is 74.6 Å². The number of benzene rings is 1. The molecule has 0 unspecified atom stereocenters. The molecule has 7 heteroatoms. The van der Waals surface area contributed by atoms with E-state index in [1.807, 2.05) is 41.3 Å². The lowest BCUT2D eigenvalue weighted by Gasteiger charge is -2.26. The van der Waals surface area contributed by atoms with Crippen molar-refractivity contribution in [2.75, 3.05) is 11.9 Å². The Balaban J connectivity index is 1.69. The Morgan fingerprint density at radius 2 is 1.96 bits per heavy atom. The predicted octanol–water partition coefficient (Wildman–Crippen LogP) is 3.11. The van der Waals surface area contributed by atoms with Gasteiger partial charge in [-0.05, 0) is 52.9 Å². The molecule has 3 N–H and O–H groups in total. The molecule has 3 rings (SSSR count). The lowest BCUT2D eigenvalue weighted by atomic mass is 9.94. The summed E-state index contributed by atoms with van der Waals surface area (Å²) >= 11 is 2.86. The lowest BCUT2D eigenvalue weighted by molar-refractivity contribution is -0.136. The Morgan fingerprint density at radius 3 is 2.62 bits per heavy atom. The number of hydrogen-bond acceptors (Lipinski definition) is 5. The van der Waals surface area contributed by atoms with Crippen LogP contribution in [0.3, 0.4) is 0 Å². The van der Waals surface area contributed by atoms with Crippen LogP contribution in [-0.4, -0.2) is 23.5 Å². The maximum Gasteiger partial charge on any atom is 0.313 e. The maximum atomic E-state index is 12.2. The third-order valence-corrected chi connectivity index (χ3v) is 5.62. The van der Waals surface area contributed by atoms with Crippen LogP contribution in [0.1, 0.15) is 16.0 Å². The Bertz CT molecular complexity index is 855. The van der Waals surface area contributed by atoms with Crippen LogP contribution in [0.25, 0.3) is 0 Å². The summed E-state index contributed by atoms with van der Waals surface area (Å²) in [5, 5.41) is 21.8. The molecule has 0 aliphatic heterocycles. The van der Waals surface area contributed by atoms with E-state index in [1.54, 1.807) is 24.3 Å². The van der Waals surface area contributed by atoms with Gasteiger partial charge in [0, 0.05) is 16.1 Å². The van der Waals surface area contributed by atoms with E-state index < -0.39 is 17.4 Å². The highest BCUT2D eigenvalue weighted by molar-refractivity contribution is 7.10. The first-order valence-electron chi connectivity index (χ1n) is 7.94. The monoisotopic (exact) mass is 386 g/mol. The summed E-state index contributed by atoms with van der Waals surface area (Å²) in [4.78, 5) is 25.0. The summed E-state index contributed by atoms with van der Waals surface area (Å²) in [5.41, 5.74) is 0.849. The zero-order valence-electron chi connectivity index (χ0n) is 14.1. The first-order valence-corrected chi connectivity index (χ1v) is 9.76. The number of rotatable bonds is 5. The molecule has 2 amide bonds. The Labute approximate surface area is 159 Å². The van der Waals surface area contributed by atoms with Gasteiger partial charge in [-0.25, -0.2) is 0 Å². The average molecular weight is 386 g/mol. The second-order valence-corrected chi connectivity index (χ2v) is 7.58. The van der Waals surface area contributed by atoms with Crippen LogP contribution >= 0.6 is 22.7 Å². The van der Waals surface area contributed by atoms with Gasteiger partial charge in [0.1, 0.15) is 5.60 Å². The van der Waals surface area contributed by atoms with E-state index >= 15 is 0 Å². The van der Waals surface area contributed by atoms with Gasteiger partial charge >= 0.3 is 11.8 Å². The number of amides is 2. The van der Waals surface area contributed by atoms with Crippen LogP contribution in [0, 0.1) is 6.92 Å². The van der Waals surface area contributed by atoms with Gasteiger partial charge in [0.05, 0.1) is 6.54 Å². The van der Waals surface area contributed by atoms with E-state index in [4.69, 9.17) is 0 Å². The number of aliphatic hydroxyl groups is 1. The van der Waals surface area contributed by atoms with Crippen molar-refractivity contribution in [3.8, 4) is 0 Å². The molecule has 2 heterocycles. The molecule has 1 aromatic carbocycles. The van der Waals surface area contributed by atoms with Gasteiger partial charge in [0.2, 0.25) is 0 Å². The van der Waals surface area contributed by atoms with E-state index in [0.29, 0.717) is 16.1 Å². The summed E-state index contributed by atoms with van der Waals surface area (Å²) in [6.07, 6.45) is 0. The Kier molecular flexibility index (Phi) is 5.51. The highest BCUT2D eigenvalue weighted by Gasteiger charge is 2.34. The van der Waals surface area contributed by atoms with Gasteiger partial charge in [-0.15, -0.1) is 11.3 Å². The number of hydrogen-bond donors (Lipinski definition) is 3. The molecule has 2 aromatic heterocycles. The highest BCUT2D eigenvalue weighted by atomic mass is 32.1. The van der Waals surface area contributed by atoms with Gasteiger partial charge in [-0.2, -0.15) is 11.3 Å². The number of thiophene rings is 2. The standard InChI is InChI=1S/C19H18N2O3S2/c1-13-4-2-5-15(10-13)21-18(23)17(22)20-12-19(24,14-7-9-25-11-14)16-6-3-8-26-16/h2-11,24H,12H2,1H3,(H,20,22)(H,21,23)/t19-/m1/s1. The second-order valence-electron chi connectivity index (χ2n) is 5.86. The second kappa shape index (κ2) is 7.82. The molecule has 0 saturated heterocycles. The lowest BCUT2D eigenvalue weighted by Crippen LogP contribution is -2.44. The Morgan fingerprint density at radius 1 is 1.12 bits per heavy atom. The third kappa shape index (κ3) is 4.01. The van der Waals surface area contributed by atoms with E-state index in [1.165, 1.54) is 22.7 Å². The SMILES string of the molecule is Cc1cccc(NC(=O)C(=O)NC[C@@](O)(c2ccsc2)c2cccs2)c1. The van der Waals surface area contributed by atoms with Crippen molar-refractivity contribution in [1.29, 1.82) is 0 Å². The van der Waals surface area contributed by atoms with Crippen molar-refractivity contribution in [2.45, 2.75) is 12.5 Å². The maximum absolute atomic E-state index is 12.2. The molecule has 0 saturated carbocycles. The molecule has 0 radical (unpaired) electrons. The molecule has 0 fully saturated rings. The number of aryl methyl sites for hydroxylation is 1. The Hall–Kier alpha value is -2.48. The van der Waals surface area contributed by atoms with E-state index in [2.05, 4.69) is 10.6 Å². The minimum atomic E-state index is -1.37. The molecular formula is C19H18N2O3S2. The molecule has 134 valence electrons. The molecule has 3 aromatic rings. The fourth-order valence-electron chi connectivity index (χ4n) is 2.54. The zero-order valence-corrected chi connectivity index (χ0v) is 15.7. The normalized spacial score (nSPS) is 13.0. The van der Waals surface area contributed by atoms with Crippen LogP contribution < -0.4 is 10.6 Å². The quantitative estimate of drug-likeness (QED) is 0.590. The topological polar surface area (TPSA) is 78.4 Å². The molecular weight excluding hydrogens is 368 g/mol. The number of carbonyl (C=O) groups excluding carboxylic acids is 2. The fourth-order valence-corrected chi connectivity index (χ4v) is 4.11. The summed E-state index contributed by atoms with van der Waals surface area (Å²) in [5.74, 6) is -1.56. The molecule has 5 nitrogen and oxygen atoms in total. The summed E-state index contributed by atoms with van der Waals surface area (Å²) in [7, 11) is 0. The molecule has 26 heavy (non-hydrogen) atoms. The van der Waals surface area contributed by atoms with Crippen LogP contribution in [0.2, 0.25) is 0 Å². The minimum absolute atomic E-state index is 0.0929. The van der Waals surface area contributed by atoms with Crippen molar-refractivity contribution in [2.24, 2.45) is 0 Å². The van der Waals surface area contributed by atoms with Gasteiger partial charge in [-0.3, -0.25) is 9.59 Å². The van der Waals surface area contributed by atoms with E-state index in [-0.39, 0.29) is 6.54 Å². The number of anilines is 1. The molecule has 0 spiro atoms. The van der Waals surface area contributed by atoms with Gasteiger partial charge in [0.25, 0.3) is 0 Å².